The van der Waals surface area contributed by atoms with Crippen LogP contribution in [0.4, 0.5) is 0 Å². The monoisotopic (exact) mass is 276 g/mol. The van der Waals surface area contributed by atoms with Crippen molar-refractivity contribution in [1.29, 1.82) is 0 Å². The van der Waals surface area contributed by atoms with Crippen molar-refractivity contribution in [3.8, 4) is 0 Å². The third kappa shape index (κ3) is 3.03. The lowest BCUT2D eigenvalue weighted by atomic mass is 9.94. The van der Waals surface area contributed by atoms with Gasteiger partial charge in [-0.2, -0.15) is 0 Å². The zero-order valence-corrected chi connectivity index (χ0v) is 11.5. The van der Waals surface area contributed by atoms with Crippen LogP contribution in [0.5, 0.6) is 0 Å². The predicted octanol–water partition coefficient (Wildman–Crippen LogP) is -0.110. The van der Waals surface area contributed by atoms with E-state index in [0.717, 1.165) is 6.26 Å². The second-order valence-electron chi connectivity index (χ2n) is 4.86. The van der Waals surface area contributed by atoms with E-state index < -0.39 is 26.5 Å². The molecule has 0 bridgehead atoms. The SMILES string of the molecule is CC(c1nnnn1CC(C)(C)C(=O)O)S(C)(=O)=O. The molecule has 18 heavy (non-hydrogen) atoms. The summed E-state index contributed by atoms with van der Waals surface area (Å²) in [6.45, 7) is 4.51. The molecule has 0 saturated heterocycles. The van der Waals surface area contributed by atoms with Gasteiger partial charge in [-0.25, -0.2) is 13.1 Å². The van der Waals surface area contributed by atoms with Gasteiger partial charge in [0.1, 0.15) is 5.25 Å². The van der Waals surface area contributed by atoms with Crippen LogP contribution in [0.25, 0.3) is 0 Å². The minimum Gasteiger partial charge on any atom is -0.481 e. The van der Waals surface area contributed by atoms with Gasteiger partial charge in [0.15, 0.2) is 15.7 Å². The molecule has 1 heterocycles. The van der Waals surface area contributed by atoms with Crippen LogP contribution in [0.1, 0.15) is 31.8 Å². The molecule has 102 valence electrons. The second-order valence-corrected chi connectivity index (χ2v) is 7.22. The molecule has 1 unspecified atom stereocenters. The Morgan fingerprint density at radius 2 is 2.06 bits per heavy atom. The van der Waals surface area contributed by atoms with E-state index in [9.17, 15) is 13.2 Å². The topological polar surface area (TPSA) is 115 Å². The first-order chi connectivity index (χ1) is 8.05. The summed E-state index contributed by atoms with van der Waals surface area (Å²) in [6, 6.07) is 0. The minimum atomic E-state index is -3.33. The summed E-state index contributed by atoms with van der Waals surface area (Å²) in [4.78, 5) is 11.0. The van der Waals surface area contributed by atoms with Crippen molar-refractivity contribution >= 4 is 15.8 Å². The Morgan fingerprint density at radius 1 is 1.50 bits per heavy atom. The van der Waals surface area contributed by atoms with Crippen LogP contribution in [0.15, 0.2) is 0 Å². The first-order valence-corrected chi connectivity index (χ1v) is 7.19. The Labute approximate surface area is 105 Å². The lowest BCUT2D eigenvalue weighted by Crippen LogP contribution is -2.31. The summed E-state index contributed by atoms with van der Waals surface area (Å²) in [7, 11) is -3.33. The molecular weight excluding hydrogens is 260 g/mol. The highest BCUT2D eigenvalue weighted by atomic mass is 32.2. The zero-order valence-electron chi connectivity index (χ0n) is 10.7. The largest absolute Gasteiger partial charge is 0.481 e. The third-order valence-electron chi connectivity index (χ3n) is 2.69. The quantitative estimate of drug-likeness (QED) is 0.797. The van der Waals surface area contributed by atoms with Crippen LogP contribution in [-0.2, 0) is 21.2 Å². The molecule has 0 radical (unpaired) electrons. The number of hydrogen-bond donors (Lipinski definition) is 1. The number of nitrogens with zero attached hydrogens (tertiary/aromatic N) is 4. The van der Waals surface area contributed by atoms with Crippen molar-refractivity contribution in [2.24, 2.45) is 5.41 Å². The van der Waals surface area contributed by atoms with Gasteiger partial charge in [-0.3, -0.25) is 4.79 Å². The Hall–Kier alpha value is -1.51. The van der Waals surface area contributed by atoms with Gasteiger partial charge >= 0.3 is 5.97 Å². The molecule has 1 N–H and O–H groups in total. The maximum atomic E-state index is 11.5. The lowest BCUT2D eigenvalue weighted by molar-refractivity contribution is -0.147. The number of carboxylic acids is 1. The van der Waals surface area contributed by atoms with Gasteiger partial charge in [-0.15, -0.1) is 5.10 Å². The van der Waals surface area contributed by atoms with Crippen molar-refractivity contribution < 1.29 is 18.3 Å². The predicted molar refractivity (Wildman–Crippen MR) is 62.5 cm³/mol. The van der Waals surface area contributed by atoms with Gasteiger partial charge in [0, 0.05) is 6.26 Å². The van der Waals surface area contributed by atoms with Crippen LogP contribution >= 0.6 is 0 Å². The first kappa shape index (κ1) is 14.6. The number of tetrazole rings is 1. The molecule has 0 aliphatic rings. The molecule has 0 aliphatic carbocycles. The van der Waals surface area contributed by atoms with Gasteiger partial charge in [-0.05, 0) is 31.2 Å². The Morgan fingerprint density at radius 3 is 2.50 bits per heavy atom. The second kappa shape index (κ2) is 4.63. The van der Waals surface area contributed by atoms with Gasteiger partial charge in [-0.1, -0.05) is 0 Å². The molecule has 1 atom stereocenters. The standard InChI is InChI=1S/C9H16N4O4S/c1-6(18(4,16)17)7-10-11-12-13(7)5-9(2,3)8(14)15/h6H,5H2,1-4H3,(H,14,15). The average Bonchev–Trinajstić information content (AvgIpc) is 2.62. The maximum absolute atomic E-state index is 11.5. The number of aromatic nitrogens is 4. The third-order valence-corrected chi connectivity index (χ3v) is 4.18. The molecule has 1 rings (SSSR count). The van der Waals surface area contributed by atoms with Crippen molar-refractivity contribution in [3.63, 3.8) is 0 Å². The molecule has 0 aromatic carbocycles. The van der Waals surface area contributed by atoms with E-state index in [1.165, 1.54) is 25.5 Å². The highest BCUT2D eigenvalue weighted by molar-refractivity contribution is 7.90. The molecule has 0 fully saturated rings. The number of rotatable bonds is 5. The van der Waals surface area contributed by atoms with Crippen LogP contribution in [-0.4, -0.2) is 46.0 Å². The van der Waals surface area contributed by atoms with Crippen molar-refractivity contribution in [1.82, 2.24) is 20.2 Å². The summed E-state index contributed by atoms with van der Waals surface area (Å²) in [5.41, 5.74) is -1.08. The zero-order chi connectivity index (χ0) is 14.1. The van der Waals surface area contributed by atoms with E-state index in [4.69, 9.17) is 5.11 Å². The molecule has 0 saturated carbocycles. The lowest BCUT2D eigenvalue weighted by Gasteiger charge is -2.20. The normalized spacial score (nSPS) is 14.4. The van der Waals surface area contributed by atoms with Crippen LogP contribution in [0.3, 0.4) is 0 Å². The molecule has 9 heteroatoms. The highest BCUT2D eigenvalue weighted by Gasteiger charge is 2.32. The van der Waals surface area contributed by atoms with Crippen LogP contribution in [0, 0.1) is 5.41 Å². The fourth-order valence-electron chi connectivity index (χ4n) is 1.25. The first-order valence-electron chi connectivity index (χ1n) is 5.24. The summed E-state index contributed by atoms with van der Waals surface area (Å²) in [5.74, 6) is -0.859. The summed E-state index contributed by atoms with van der Waals surface area (Å²) >= 11 is 0. The molecular formula is C9H16N4O4S. The van der Waals surface area contributed by atoms with E-state index in [2.05, 4.69) is 15.5 Å². The summed E-state index contributed by atoms with van der Waals surface area (Å²) < 4.78 is 24.1. The van der Waals surface area contributed by atoms with E-state index >= 15 is 0 Å². The van der Waals surface area contributed by atoms with Crippen molar-refractivity contribution in [2.45, 2.75) is 32.6 Å². The van der Waals surface area contributed by atoms with E-state index in [1.54, 1.807) is 0 Å². The van der Waals surface area contributed by atoms with Crippen molar-refractivity contribution in [3.05, 3.63) is 5.82 Å². The smallest absolute Gasteiger partial charge is 0.310 e. The molecule has 0 spiro atoms. The van der Waals surface area contributed by atoms with E-state index in [0.29, 0.717) is 0 Å². The fourth-order valence-corrected chi connectivity index (χ4v) is 1.80. The number of hydrogen-bond acceptors (Lipinski definition) is 6. The molecule has 0 amide bonds. The Bertz CT molecular complexity index is 549. The average molecular weight is 276 g/mol. The Kier molecular flexibility index (Phi) is 3.75. The van der Waals surface area contributed by atoms with E-state index in [-0.39, 0.29) is 12.4 Å². The van der Waals surface area contributed by atoms with Crippen molar-refractivity contribution in [2.75, 3.05) is 6.26 Å². The number of carboxylic acid groups (broad SMARTS) is 1. The number of aliphatic carboxylic acids is 1. The molecule has 8 nitrogen and oxygen atoms in total. The highest BCUT2D eigenvalue weighted by Crippen LogP contribution is 2.22. The van der Waals surface area contributed by atoms with Gasteiger partial charge in [0.2, 0.25) is 0 Å². The van der Waals surface area contributed by atoms with Gasteiger partial charge in [0.25, 0.3) is 0 Å². The van der Waals surface area contributed by atoms with Crippen LogP contribution in [0.2, 0.25) is 0 Å². The minimum absolute atomic E-state index is 0.00449. The summed E-state index contributed by atoms with van der Waals surface area (Å²) in [6.07, 6.45) is 1.08. The number of sulfone groups is 1. The molecule has 1 aromatic heterocycles. The number of carbonyl (C=O) groups is 1. The fraction of sp³-hybridized carbons (Fsp3) is 0.778. The van der Waals surface area contributed by atoms with Gasteiger partial charge < -0.3 is 5.11 Å². The maximum Gasteiger partial charge on any atom is 0.310 e. The molecule has 0 aliphatic heterocycles. The Balaban J connectivity index is 3.08. The van der Waals surface area contributed by atoms with Crippen LogP contribution < -0.4 is 0 Å². The van der Waals surface area contributed by atoms with E-state index in [1.807, 2.05) is 0 Å². The molecule has 1 aromatic rings. The van der Waals surface area contributed by atoms with Gasteiger partial charge in [0.05, 0.1) is 12.0 Å². The summed E-state index contributed by atoms with van der Waals surface area (Å²) in [5, 5.41) is 18.9.